The van der Waals surface area contributed by atoms with E-state index in [-0.39, 0.29) is 16.9 Å². The maximum absolute atomic E-state index is 12.7. The van der Waals surface area contributed by atoms with Crippen LogP contribution in [0.2, 0.25) is 0 Å². The van der Waals surface area contributed by atoms with E-state index in [1.54, 1.807) is 12.1 Å². The van der Waals surface area contributed by atoms with E-state index in [2.05, 4.69) is 18.6 Å². The number of rotatable bonds is 9. The Balaban J connectivity index is 2.33. The van der Waals surface area contributed by atoms with Crippen LogP contribution in [-0.2, 0) is 19.6 Å². The molecule has 2 rings (SSSR count). The van der Waals surface area contributed by atoms with Crippen LogP contribution in [0.5, 0.6) is 11.5 Å². The minimum absolute atomic E-state index is 0.0756. The zero-order chi connectivity index (χ0) is 20.9. The molecule has 0 heterocycles. The number of carbonyl (C=O) groups excluding carboxylic acids is 1. The molecule has 8 heteroatoms. The second kappa shape index (κ2) is 8.99. The molecule has 150 valence electrons. The number of carboxylic acids is 1. The normalized spacial score (nSPS) is 12.6. The standard InChI is InChI=1S/C20H23NO6S/c1-13(2)17-9-8-16(10-14(17)3)27-18-6-4-5-7-19(18)28(25,26)21-15(12-22)11-20(23)24/h4-10,12-13,15,21H,11H2,1-3H3,(H,23,24)/t15-/m0/s1. The number of hydrogen-bond donors (Lipinski definition) is 2. The van der Waals surface area contributed by atoms with Gasteiger partial charge in [0, 0.05) is 0 Å². The average Bonchev–Trinajstić information content (AvgIpc) is 2.60. The summed E-state index contributed by atoms with van der Waals surface area (Å²) in [7, 11) is -4.17. The van der Waals surface area contributed by atoms with Gasteiger partial charge in [-0.3, -0.25) is 4.79 Å². The predicted molar refractivity (Wildman–Crippen MR) is 104 cm³/mol. The minimum atomic E-state index is -4.17. The molecule has 0 aliphatic heterocycles. The molecule has 28 heavy (non-hydrogen) atoms. The second-order valence-electron chi connectivity index (χ2n) is 6.68. The SMILES string of the molecule is Cc1cc(Oc2ccccc2S(=O)(=O)N[C@H](C=O)CC(=O)O)ccc1C(C)C. The van der Waals surface area contributed by atoms with Crippen molar-refractivity contribution in [3.05, 3.63) is 53.6 Å². The highest BCUT2D eigenvalue weighted by Crippen LogP contribution is 2.31. The fourth-order valence-electron chi connectivity index (χ4n) is 2.81. The number of ether oxygens (including phenoxy) is 1. The zero-order valence-electron chi connectivity index (χ0n) is 15.9. The van der Waals surface area contributed by atoms with E-state index in [0.717, 1.165) is 11.1 Å². The third-order valence-electron chi connectivity index (χ3n) is 4.10. The largest absolute Gasteiger partial charge is 0.481 e. The van der Waals surface area contributed by atoms with Crippen molar-refractivity contribution in [1.29, 1.82) is 0 Å². The molecule has 0 saturated carbocycles. The molecule has 0 fully saturated rings. The third kappa shape index (κ3) is 5.40. The molecule has 0 bridgehead atoms. The Labute approximate surface area is 164 Å². The van der Waals surface area contributed by atoms with Crippen molar-refractivity contribution in [2.45, 2.75) is 44.0 Å². The molecule has 0 unspecified atom stereocenters. The molecular weight excluding hydrogens is 382 g/mol. The maximum atomic E-state index is 12.7. The molecule has 2 aromatic carbocycles. The van der Waals surface area contributed by atoms with Gasteiger partial charge in [-0.25, -0.2) is 13.1 Å². The van der Waals surface area contributed by atoms with Crippen LogP contribution in [0.25, 0.3) is 0 Å². The number of nitrogens with one attached hydrogen (secondary N) is 1. The molecule has 1 atom stereocenters. The summed E-state index contributed by atoms with van der Waals surface area (Å²) in [5.74, 6) is -0.390. The molecule has 0 saturated heterocycles. The van der Waals surface area contributed by atoms with E-state index in [9.17, 15) is 18.0 Å². The van der Waals surface area contributed by atoms with Crippen molar-refractivity contribution in [3.63, 3.8) is 0 Å². The number of sulfonamides is 1. The summed E-state index contributed by atoms with van der Waals surface area (Å²) in [5.41, 5.74) is 2.19. The summed E-state index contributed by atoms with van der Waals surface area (Å²) in [5, 5.41) is 8.80. The first-order chi connectivity index (χ1) is 13.1. The minimum Gasteiger partial charge on any atom is -0.481 e. The Morgan fingerprint density at radius 3 is 2.46 bits per heavy atom. The lowest BCUT2D eigenvalue weighted by molar-refractivity contribution is -0.138. The summed E-state index contributed by atoms with van der Waals surface area (Å²) in [4.78, 5) is 21.6. The number of carboxylic acid groups (broad SMARTS) is 1. The molecule has 2 N–H and O–H groups in total. The van der Waals surface area contributed by atoms with Gasteiger partial charge in [0.15, 0.2) is 0 Å². The van der Waals surface area contributed by atoms with Gasteiger partial charge in [-0.1, -0.05) is 32.0 Å². The van der Waals surface area contributed by atoms with Gasteiger partial charge in [-0.2, -0.15) is 0 Å². The second-order valence-corrected chi connectivity index (χ2v) is 8.37. The highest BCUT2D eigenvalue weighted by atomic mass is 32.2. The van der Waals surface area contributed by atoms with Crippen LogP contribution in [0, 0.1) is 6.92 Å². The van der Waals surface area contributed by atoms with Gasteiger partial charge in [0.05, 0.1) is 12.5 Å². The topological polar surface area (TPSA) is 110 Å². The lowest BCUT2D eigenvalue weighted by Crippen LogP contribution is -2.37. The molecule has 0 radical (unpaired) electrons. The molecule has 0 aromatic heterocycles. The van der Waals surface area contributed by atoms with E-state index in [4.69, 9.17) is 9.84 Å². The summed E-state index contributed by atoms with van der Waals surface area (Å²) < 4.78 is 33.2. The Morgan fingerprint density at radius 1 is 1.21 bits per heavy atom. The predicted octanol–water partition coefficient (Wildman–Crippen LogP) is 3.23. The van der Waals surface area contributed by atoms with Crippen LogP contribution in [0.3, 0.4) is 0 Å². The number of aldehydes is 1. The molecule has 7 nitrogen and oxygen atoms in total. The summed E-state index contributed by atoms with van der Waals surface area (Å²) in [6, 6.07) is 10.1. The van der Waals surface area contributed by atoms with Crippen molar-refractivity contribution in [3.8, 4) is 11.5 Å². The van der Waals surface area contributed by atoms with Crippen LogP contribution in [0.1, 0.15) is 37.3 Å². The first-order valence-corrected chi connectivity index (χ1v) is 10.2. The molecule has 0 spiro atoms. The monoisotopic (exact) mass is 405 g/mol. The number of para-hydroxylation sites is 1. The Hall–Kier alpha value is -2.71. The van der Waals surface area contributed by atoms with Gasteiger partial charge < -0.3 is 14.6 Å². The summed E-state index contributed by atoms with van der Waals surface area (Å²) >= 11 is 0. The molecular formula is C20H23NO6S. The highest BCUT2D eigenvalue weighted by molar-refractivity contribution is 7.89. The van der Waals surface area contributed by atoms with Gasteiger partial charge in [-0.05, 0) is 48.2 Å². The van der Waals surface area contributed by atoms with Crippen LogP contribution < -0.4 is 9.46 Å². The first kappa shape index (κ1) is 21.6. The number of hydrogen-bond acceptors (Lipinski definition) is 5. The van der Waals surface area contributed by atoms with Crippen molar-refractivity contribution < 1.29 is 27.9 Å². The number of benzene rings is 2. The Kier molecular flexibility index (Phi) is 6.93. The maximum Gasteiger partial charge on any atom is 0.305 e. The lowest BCUT2D eigenvalue weighted by Gasteiger charge is -2.16. The van der Waals surface area contributed by atoms with E-state index < -0.39 is 28.5 Å². The third-order valence-corrected chi connectivity index (χ3v) is 5.62. The lowest BCUT2D eigenvalue weighted by atomic mass is 9.98. The van der Waals surface area contributed by atoms with E-state index in [0.29, 0.717) is 11.7 Å². The number of carbonyl (C=O) groups is 2. The number of aliphatic carboxylic acids is 1. The molecule has 0 aliphatic rings. The quantitative estimate of drug-likeness (QED) is 0.620. The average molecular weight is 405 g/mol. The highest BCUT2D eigenvalue weighted by Gasteiger charge is 2.25. The van der Waals surface area contributed by atoms with Crippen molar-refractivity contribution >= 4 is 22.3 Å². The van der Waals surface area contributed by atoms with Gasteiger partial charge in [0.2, 0.25) is 10.0 Å². The van der Waals surface area contributed by atoms with Gasteiger partial charge in [0.25, 0.3) is 0 Å². The Bertz CT molecular complexity index is 968. The van der Waals surface area contributed by atoms with Crippen LogP contribution >= 0.6 is 0 Å². The van der Waals surface area contributed by atoms with Crippen LogP contribution in [-0.4, -0.2) is 31.8 Å². The summed E-state index contributed by atoms with van der Waals surface area (Å²) in [6.45, 7) is 6.11. The van der Waals surface area contributed by atoms with Crippen molar-refractivity contribution in [1.82, 2.24) is 4.72 Å². The Morgan fingerprint density at radius 2 is 1.89 bits per heavy atom. The summed E-state index contributed by atoms with van der Waals surface area (Å²) in [6.07, 6.45) is -0.398. The molecule has 0 amide bonds. The van der Waals surface area contributed by atoms with Crippen LogP contribution in [0.15, 0.2) is 47.4 Å². The zero-order valence-corrected chi connectivity index (χ0v) is 16.7. The smallest absolute Gasteiger partial charge is 0.305 e. The van der Waals surface area contributed by atoms with E-state index >= 15 is 0 Å². The molecule has 2 aromatic rings. The van der Waals surface area contributed by atoms with E-state index in [1.807, 2.05) is 19.1 Å². The van der Waals surface area contributed by atoms with Crippen LogP contribution in [0.4, 0.5) is 0 Å². The fraction of sp³-hybridized carbons (Fsp3) is 0.300. The van der Waals surface area contributed by atoms with Crippen molar-refractivity contribution in [2.24, 2.45) is 0 Å². The first-order valence-electron chi connectivity index (χ1n) is 8.71. The molecule has 0 aliphatic carbocycles. The van der Waals surface area contributed by atoms with Gasteiger partial charge in [0.1, 0.15) is 22.7 Å². The van der Waals surface area contributed by atoms with Crippen molar-refractivity contribution in [2.75, 3.05) is 0 Å². The fourth-order valence-corrected chi connectivity index (χ4v) is 4.11. The van der Waals surface area contributed by atoms with E-state index in [1.165, 1.54) is 18.2 Å². The number of aryl methyl sites for hydroxylation is 1. The van der Waals surface area contributed by atoms with Gasteiger partial charge >= 0.3 is 5.97 Å². The van der Waals surface area contributed by atoms with Gasteiger partial charge in [-0.15, -0.1) is 0 Å².